The summed E-state index contributed by atoms with van der Waals surface area (Å²) in [5.74, 6) is 0. The number of hydrogen-bond donors (Lipinski definition) is 0. The Morgan fingerprint density at radius 2 is 2.50 bits per heavy atom. The smallest absolute Gasteiger partial charge is 0.0736 e. The molecule has 0 N–H and O–H groups in total. The molecule has 48 valence electrons. The van der Waals surface area contributed by atoms with Gasteiger partial charge in [0, 0.05) is 6.61 Å². The second-order valence-corrected chi connectivity index (χ2v) is 2.92. The molecule has 1 aliphatic heterocycles. The molecule has 1 nitrogen and oxygen atoms in total. The zero-order valence-electron chi connectivity index (χ0n) is 5.06. The van der Waals surface area contributed by atoms with E-state index in [0.29, 0.717) is 6.10 Å². The van der Waals surface area contributed by atoms with E-state index in [1.165, 1.54) is 6.42 Å². The monoisotopic (exact) mass is 134 g/mol. The van der Waals surface area contributed by atoms with Crippen LogP contribution in [0.25, 0.3) is 0 Å². The Hall–Kier alpha value is 0.250. The SMILES string of the molecule is CC(Cl)C1CCCO1. The topological polar surface area (TPSA) is 9.23 Å². The van der Waals surface area contributed by atoms with Crippen LogP contribution in [0.2, 0.25) is 0 Å². The number of halogens is 1. The van der Waals surface area contributed by atoms with Crippen molar-refractivity contribution in [1.82, 2.24) is 0 Å². The van der Waals surface area contributed by atoms with Crippen molar-refractivity contribution in [2.75, 3.05) is 6.61 Å². The Bertz CT molecular complexity index is 66.9. The fraction of sp³-hybridized carbons (Fsp3) is 1.00. The second-order valence-electron chi connectivity index (χ2n) is 2.23. The highest BCUT2D eigenvalue weighted by Gasteiger charge is 2.19. The molecule has 0 aromatic heterocycles. The molecule has 2 unspecified atom stereocenters. The number of rotatable bonds is 1. The normalized spacial score (nSPS) is 33.0. The number of ether oxygens (including phenoxy) is 1. The average Bonchev–Trinajstić information content (AvgIpc) is 2.12. The van der Waals surface area contributed by atoms with Gasteiger partial charge in [0.15, 0.2) is 0 Å². The van der Waals surface area contributed by atoms with Crippen LogP contribution in [0.3, 0.4) is 0 Å². The Kier molecular flexibility index (Phi) is 2.15. The summed E-state index contributed by atoms with van der Waals surface area (Å²) in [5.41, 5.74) is 0. The Morgan fingerprint density at radius 1 is 1.75 bits per heavy atom. The molecule has 1 heterocycles. The summed E-state index contributed by atoms with van der Waals surface area (Å²) in [5, 5.41) is 0.192. The predicted molar refractivity (Wildman–Crippen MR) is 34.3 cm³/mol. The van der Waals surface area contributed by atoms with E-state index in [9.17, 15) is 0 Å². The number of hydrogen-bond acceptors (Lipinski definition) is 1. The van der Waals surface area contributed by atoms with Gasteiger partial charge >= 0.3 is 0 Å². The summed E-state index contributed by atoms with van der Waals surface area (Å²) in [4.78, 5) is 0. The molecule has 1 fully saturated rings. The van der Waals surface area contributed by atoms with Crippen molar-refractivity contribution in [1.29, 1.82) is 0 Å². The van der Waals surface area contributed by atoms with Crippen LogP contribution < -0.4 is 0 Å². The van der Waals surface area contributed by atoms with E-state index in [-0.39, 0.29) is 5.38 Å². The van der Waals surface area contributed by atoms with Crippen LogP contribution in [0, 0.1) is 0 Å². The van der Waals surface area contributed by atoms with E-state index in [1.807, 2.05) is 6.92 Å². The van der Waals surface area contributed by atoms with Gasteiger partial charge in [0.2, 0.25) is 0 Å². The molecule has 0 spiro atoms. The van der Waals surface area contributed by atoms with Gasteiger partial charge in [-0.15, -0.1) is 11.6 Å². The maximum atomic E-state index is 5.76. The van der Waals surface area contributed by atoms with Crippen LogP contribution >= 0.6 is 11.6 Å². The van der Waals surface area contributed by atoms with Crippen LogP contribution in [0.5, 0.6) is 0 Å². The van der Waals surface area contributed by atoms with E-state index in [0.717, 1.165) is 13.0 Å². The molecule has 1 saturated heterocycles. The molecule has 2 atom stereocenters. The number of alkyl halides is 1. The lowest BCUT2D eigenvalue weighted by Crippen LogP contribution is -2.15. The van der Waals surface area contributed by atoms with Gasteiger partial charge in [0.1, 0.15) is 0 Å². The first kappa shape index (κ1) is 6.37. The van der Waals surface area contributed by atoms with Gasteiger partial charge in [-0.25, -0.2) is 0 Å². The first-order valence-corrected chi connectivity index (χ1v) is 3.50. The van der Waals surface area contributed by atoms with Crippen LogP contribution in [-0.2, 0) is 4.74 Å². The van der Waals surface area contributed by atoms with Crippen LogP contribution in [0.15, 0.2) is 0 Å². The summed E-state index contributed by atoms with van der Waals surface area (Å²) in [6, 6.07) is 0. The first-order valence-electron chi connectivity index (χ1n) is 3.06. The lowest BCUT2D eigenvalue weighted by atomic mass is 10.2. The van der Waals surface area contributed by atoms with Crippen molar-refractivity contribution in [3.63, 3.8) is 0 Å². The minimum absolute atomic E-state index is 0.192. The molecule has 0 amide bonds. The van der Waals surface area contributed by atoms with Gasteiger partial charge < -0.3 is 4.74 Å². The van der Waals surface area contributed by atoms with Crippen molar-refractivity contribution in [2.24, 2.45) is 0 Å². The fourth-order valence-corrected chi connectivity index (χ4v) is 1.16. The van der Waals surface area contributed by atoms with Gasteiger partial charge in [-0.2, -0.15) is 0 Å². The molecule has 0 aromatic rings. The maximum Gasteiger partial charge on any atom is 0.0736 e. The quantitative estimate of drug-likeness (QED) is 0.497. The van der Waals surface area contributed by atoms with E-state index in [2.05, 4.69) is 0 Å². The summed E-state index contributed by atoms with van der Waals surface area (Å²) in [6.45, 7) is 2.89. The molecule has 2 heteroatoms. The van der Waals surface area contributed by atoms with Crippen LogP contribution in [0.4, 0.5) is 0 Å². The average molecular weight is 135 g/mol. The lowest BCUT2D eigenvalue weighted by Gasteiger charge is -2.09. The zero-order chi connectivity index (χ0) is 5.98. The molecule has 0 radical (unpaired) electrons. The third-order valence-corrected chi connectivity index (χ3v) is 1.76. The van der Waals surface area contributed by atoms with E-state index in [4.69, 9.17) is 16.3 Å². The van der Waals surface area contributed by atoms with Gasteiger partial charge in [-0.1, -0.05) is 0 Å². The summed E-state index contributed by atoms with van der Waals surface area (Å²) in [6.07, 6.45) is 2.66. The highest BCUT2D eigenvalue weighted by Crippen LogP contribution is 2.18. The van der Waals surface area contributed by atoms with Crippen molar-refractivity contribution in [3.05, 3.63) is 0 Å². The van der Waals surface area contributed by atoms with Gasteiger partial charge in [0.25, 0.3) is 0 Å². The van der Waals surface area contributed by atoms with Gasteiger partial charge in [0.05, 0.1) is 11.5 Å². The fourth-order valence-electron chi connectivity index (χ4n) is 0.965. The molecular weight excluding hydrogens is 124 g/mol. The maximum absolute atomic E-state index is 5.76. The van der Waals surface area contributed by atoms with Crippen molar-refractivity contribution in [3.8, 4) is 0 Å². The van der Waals surface area contributed by atoms with Crippen molar-refractivity contribution < 1.29 is 4.74 Å². The first-order chi connectivity index (χ1) is 3.80. The molecule has 0 bridgehead atoms. The molecular formula is C6H11ClO. The standard InChI is InChI=1S/C6H11ClO/c1-5(7)6-3-2-4-8-6/h5-6H,2-4H2,1H3. The lowest BCUT2D eigenvalue weighted by molar-refractivity contribution is 0.111. The minimum Gasteiger partial charge on any atom is -0.377 e. The molecule has 1 aliphatic rings. The van der Waals surface area contributed by atoms with Crippen molar-refractivity contribution in [2.45, 2.75) is 31.2 Å². The summed E-state index contributed by atoms with van der Waals surface area (Å²) < 4.78 is 5.28. The van der Waals surface area contributed by atoms with E-state index in [1.54, 1.807) is 0 Å². The summed E-state index contributed by atoms with van der Waals surface area (Å²) in [7, 11) is 0. The molecule has 0 saturated carbocycles. The zero-order valence-corrected chi connectivity index (χ0v) is 5.82. The molecule has 8 heavy (non-hydrogen) atoms. The third kappa shape index (κ3) is 1.36. The minimum atomic E-state index is 0.192. The van der Waals surface area contributed by atoms with E-state index < -0.39 is 0 Å². The molecule has 0 aromatic carbocycles. The largest absolute Gasteiger partial charge is 0.377 e. The van der Waals surface area contributed by atoms with Crippen molar-refractivity contribution >= 4 is 11.6 Å². The van der Waals surface area contributed by atoms with Gasteiger partial charge in [-0.05, 0) is 19.8 Å². The van der Waals surface area contributed by atoms with Crippen LogP contribution in [-0.4, -0.2) is 18.1 Å². The Balaban J connectivity index is 2.24. The Labute approximate surface area is 55.0 Å². The highest BCUT2D eigenvalue weighted by atomic mass is 35.5. The summed E-state index contributed by atoms with van der Waals surface area (Å²) >= 11 is 5.76. The third-order valence-electron chi connectivity index (χ3n) is 1.48. The Morgan fingerprint density at radius 3 is 2.75 bits per heavy atom. The highest BCUT2D eigenvalue weighted by molar-refractivity contribution is 6.20. The molecule has 1 rings (SSSR count). The van der Waals surface area contributed by atoms with E-state index >= 15 is 0 Å². The molecule has 0 aliphatic carbocycles. The van der Waals surface area contributed by atoms with Gasteiger partial charge in [-0.3, -0.25) is 0 Å². The predicted octanol–water partition coefficient (Wildman–Crippen LogP) is 1.79. The second kappa shape index (κ2) is 2.70. The van der Waals surface area contributed by atoms with Crippen LogP contribution in [0.1, 0.15) is 19.8 Å².